The molecule has 1 aliphatic rings. The van der Waals surface area contributed by atoms with Gasteiger partial charge in [0, 0.05) is 10.6 Å². The number of ether oxygens (including phenoxy) is 2. The molecule has 5 nitrogen and oxygen atoms in total. The number of hydrogen-bond acceptors (Lipinski definition) is 5. The van der Waals surface area contributed by atoms with Gasteiger partial charge in [0.05, 0.1) is 24.3 Å². The molecular weight excluding hydrogens is 698 g/mol. The van der Waals surface area contributed by atoms with Crippen LogP contribution in [-0.4, -0.2) is 17.7 Å². The van der Waals surface area contributed by atoms with Gasteiger partial charge in [-0.1, -0.05) is 29.8 Å². The Hall–Kier alpha value is -1.76. The van der Waals surface area contributed by atoms with Crippen LogP contribution in [0, 0.1) is 7.14 Å². The smallest absolute Gasteiger partial charge is 0.264 e. The second kappa shape index (κ2) is 11.8. The first-order valence-corrected chi connectivity index (χ1v) is 13.7. The maximum atomic E-state index is 12.5. The van der Waals surface area contributed by atoms with Crippen molar-refractivity contribution in [3.8, 4) is 11.5 Å². The molecule has 1 heterocycles. The highest BCUT2D eigenvalue weighted by atomic mass is 127. The third kappa shape index (κ3) is 6.46. The number of nitrogens with one attached hydrogen (secondary N) is 1. The van der Waals surface area contributed by atoms with E-state index in [0.29, 0.717) is 28.3 Å². The normalized spacial score (nSPS) is 15.6. The number of nitrogens with zero attached hydrogens (tertiary/aromatic N) is 1. The Balaban J connectivity index is 1.48. The van der Waals surface area contributed by atoms with Gasteiger partial charge in [0.2, 0.25) is 0 Å². The van der Waals surface area contributed by atoms with Crippen molar-refractivity contribution >= 4 is 91.4 Å². The van der Waals surface area contributed by atoms with E-state index < -0.39 is 0 Å². The van der Waals surface area contributed by atoms with Crippen molar-refractivity contribution in [1.29, 1.82) is 0 Å². The summed E-state index contributed by atoms with van der Waals surface area (Å²) in [6.45, 7) is 2.94. The molecule has 3 aromatic carbocycles. The van der Waals surface area contributed by atoms with Gasteiger partial charge < -0.3 is 14.8 Å². The van der Waals surface area contributed by atoms with Gasteiger partial charge in [0.15, 0.2) is 5.17 Å². The Kier molecular flexibility index (Phi) is 8.78. The van der Waals surface area contributed by atoms with E-state index in [1.807, 2.05) is 73.7 Å². The first-order chi connectivity index (χ1) is 16.4. The Morgan fingerprint density at radius 3 is 2.44 bits per heavy atom. The van der Waals surface area contributed by atoms with Crippen LogP contribution in [0.4, 0.5) is 5.69 Å². The molecule has 1 amide bonds. The van der Waals surface area contributed by atoms with Gasteiger partial charge in [0.1, 0.15) is 18.1 Å². The number of amides is 1. The fraction of sp³-hybridized carbons (Fsp3) is 0.120. The molecule has 3 aromatic rings. The maximum absolute atomic E-state index is 12.5. The minimum atomic E-state index is -0.168. The third-order valence-corrected chi connectivity index (χ3v) is 7.56. The second-order valence-electron chi connectivity index (χ2n) is 7.10. The van der Waals surface area contributed by atoms with Gasteiger partial charge in [-0.25, -0.2) is 4.99 Å². The summed E-state index contributed by atoms with van der Waals surface area (Å²) < 4.78 is 13.4. The van der Waals surface area contributed by atoms with Gasteiger partial charge in [-0.05, 0) is 118 Å². The molecule has 34 heavy (non-hydrogen) atoms. The van der Waals surface area contributed by atoms with Crippen molar-refractivity contribution in [2.45, 2.75) is 13.5 Å². The summed E-state index contributed by atoms with van der Waals surface area (Å²) in [4.78, 5) is 17.6. The molecule has 174 valence electrons. The Bertz CT molecular complexity index is 1260. The zero-order valence-electron chi connectivity index (χ0n) is 18.0. The quantitative estimate of drug-likeness (QED) is 0.204. The maximum Gasteiger partial charge on any atom is 0.264 e. The molecule has 1 aliphatic heterocycles. The highest BCUT2D eigenvalue weighted by molar-refractivity contribution is 14.1. The van der Waals surface area contributed by atoms with Crippen molar-refractivity contribution in [3.63, 3.8) is 0 Å². The lowest BCUT2D eigenvalue weighted by atomic mass is 10.2. The molecule has 0 unspecified atom stereocenters. The largest absolute Gasteiger partial charge is 0.494 e. The van der Waals surface area contributed by atoms with Crippen LogP contribution in [-0.2, 0) is 11.4 Å². The molecule has 0 aliphatic carbocycles. The molecule has 0 atom stereocenters. The van der Waals surface area contributed by atoms with Gasteiger partial charge in [0.25, 0.3) is 5.91 Å². The van der Waals surface area contributed by atoms with Crippen LogP contribution in [0.2, 0.25) is 5.02 Å². The van der Waals surface area contributed by atoms with Crippen molar-refractivity contribution < 1.29 is 14.3 Å². The summed E-state index contributed by atoms with van der Waals surface area (Å²) in [5.74, 6) is 1.42. The van der Waals surface area contributed by atoms with Crippen molar-refractivity contribution in [3.05, 3.63) is 88.9 Å². The molecular formula is C25H19ClI2N2O3S. The van der Waals surface area contributed by atoms with Gasteiger partial charge in [-0.15, -0.1) is 0 Å². The number of rotatable bonds is 7. The number of carbonyl (C=O) groups is 1. The lowest BCUT2D eigenvalue weighted by Crippen LogP contribution is -2.19. The summed E-state index contributed by atoms with van der Waals surface area (Å²) in [6, 6.07) is 19.1. The van der Waals surface area contributed by atoms with E-state index in [4.69, 9.17) is 21.1 Å². The summed E-state index contributed by atoms with van der Waals surface area (Å²) >= 11 is 12.1. The van der Waals surface area contributed by atoms with Crippen LogP contribution in [0.1, 0.15) is 18.1 Å². The molecule has 0 aromatic heterocycles. The molecule has 4 rings (SSSR count). The van der Waals surface area contributed by atoms with Crippen LogP contribution in [0.25, 0.3) is 6.08 Å². The van der Waals surface area contributed by atoms with Crippen molar-refractivity contribution in [1.82, 2.24) is 5.32 Å². The minimum Gasteiger partial charge on any atom is -0.494 e. The molecule has 9 heteroatoms. The summed E-state index contributed by atoms with van der Waals surface area (Å²) in [7, 11) is 0. The average molecular weight is 717 g/mol. The number of halogens is 3. The highest BCUT2D eigenvalue weighted by Gasteiger charge is 2.24. The minimum absolute atomic E-state index is 0.168. The van der Waals surface area contributed by atoms with E-state index in [1.54, 1.807) is 0 Å². The number of amidine groups is 1. The topological polar surface area (TPSA) is 59.9 Å². The van der Waals surface area contributed by atoms with Crippen LogP contribution in [0.5, 0.6) is 11.5 Å². The van der Waals surface area contributed by atoms with Gasteiger partial charge in [-0.3, -0.25) is 4.79 Å². The van der Waals surface area contributed by atoms with Gasteiger partial charge >= 0.3 is 0 Å². The van der Waals surface area contributed by atoms with E-state index in [9.17, 15) is 4.79 Å². The molecule has 1 N–H and O–H groups in total. The molecule has 0 saturated carbocycles. The molecule has 1 saturated heterocycles. The van der Waals surface area contributed by atoms with Crippen LogP contribution < -0.4 is 14.8 Å². The Labute approximate surface area is 234 Å². The van der Waals surface area contributed by atoms with Crippen molar-refractivity contribution in [2.75, 3.05) is 6.61 Å². The lowest BCUT2D eigenvalue weighted by molar-refractivity contribution is -0.115. The monoisotopic (exact) mass is 716 g/mol. The molecule has 0 spiro atoms. The highest BCUT2D eigenvalue weighted by Crippen LogP contribution is 2.33. The fourth-order valence-electron chi connectivity index (χ4n) is 3.10. The van der Waals surface area contributed by atoms with E-state index in [0.717, 1.165) is 35.5 Å². The third-order valence-electron chi connectivity index (χ3n) is 4.68. The van der Waals surface area contributed by atoms with Crippen LogP contribution >= 0.6 is 68.5 Å². The van der Waals surface area contributed by atoms with Crippen molar-refractivity contribution in [2.24, 2.45) is 4.99 Å². The standard InChI is InChI=1S/C25H19ClI2N2O3S/c1-2-32-18-9-7-17(8-10-18)29-25-30-24(31)22(34-25)13-15-11-20(27)23(21(28)12-15)33-14-16-5-3-4-6-19(16)26/h3-13H,2,14H2,1H3,(H,29,30,31)/b22-13+. The summed E-state index contributed by atoms with van der Waals surface area (Å²) in [5, 5.41) is 4.06. The lowest BCUT2D eigenvalue weighted by Gasteiger charge is -2.12. The van der Waals surface area contributed by atoms with E-state index in [-0.39, 0.29) is 5.91 Å². The van der Waals surface area contributed by atoms with Gasteiger partial charge in [-0.2, -0.15) is 0 Å². The molecule has 1 fully saturated rings. The van der Waals surface area contributed by atoms with E-state index in [2.05, 4.69) is 55.5 Å². The van der Waals surface area contributed by atoms with E-state index in [1.165, 1.54) is 11.8 Å². The second-order valence-corrected chi connectivity index (χ2v) is 10.9. The Morgan fingerprint density at radius 1 is 1.06 bits per heavy atom. The van der Waals surface area contributed by atoms with Crippen LogP contribution in [0.3, 0.4) is 0 Å². The first kappa shape index (κ1) is 25.3. The van der Waals surface area contributed by atoms with E-state index >= 15 is 0 Å². The number of thioether (sulfide) groups is 1. The summed E-state index contributed by atoms with van der Waals surface area (Å²) in [6.07, 6.45) is 1.86. The SMILES string of the molecule is CCOc1ccc(N=C2NC(=O)/C(=C\c3cc(I)c(OCc4ccccc4Cl)c(I)c3)S2)cc1. The zero-order valence-corrected chi connectivity index (χ0v) is 23.9. The zero-order chi connectivity index (χ0) is 24.1. The van der Waals surface area contributed by atoms with Crippen LogP contribution in [0.15, 0.2) is 70.6 Å². The number of hydrogen-bond donors (Lipinski definition) is 1. The predicted molar refractivity (Wildman–Crippen MR) is 156 cm³/mol. The first-order valence-electron chi connectivity index (χ1n) is 10.3. The number of benzene rings is 3. The Morgan fingerprint density at radius 2 is 1.76 bits per heavy atom. The number of carbonyl (C=O) groups excluding carboxylic acids is 1. The summed E-state index contributed by atoms with van der Waals surface area (Å²) in [5.41, 5.74) is 2.59. The predicted octanol–water partition coefficient (Wildman–Crippen LogP) is 7.42. The fourth-order valence-corrected chi connectivity index (χ4v) is 6.26. The number of aliphatic imine (C=N–C) groups is 1. The average Bonchev–Trinajstić information content (AvgIpc) is 3.14. The molecule has 0 bridgehead atoms. The molecule has 0 radical (unpaired) electrons.